The highest BCUT2D eigenvalue weighted by Crippen LogP contribution is 2.03. The van der Waals surface area contributed by atoms with Crippen LogP contribution in [0.2, 0.25) is 0 Å². The summed E-state index contributed by atoms with van der Waals surface area (Å²) in [5.41, 5.74) is 1.63. The zero-order chi connectivity index (χ0) is 8.32. The quantitative estimate of drug-likeness (QED) is 0.674. The van der Waals surface area contributed by atoms with Crippen molar-refractivity contribution in [3.8, 4) is 0 Å². The Morgan fingerprint density at radius 1 is 1.73 bits per heavy atom. The maximum atomic E-state index is 10.4. The van der Waals surface area contributed by atoms with Crippen LogP contribution in [0.3, 0.4) is 0 Å². The smallest absolute Gasteiger partial charge is 0.253 e. The molecule has 0 saturated carbocycles. The van der Waals surface area contributed by atoms with Crippen molar-refractivity contribution in [3.05, 3.63) is 16.6 Å². The van der Waals surface area contributed by atoms with Crippen molar-refractivity contribution >= 4 is 21.5 Å². The van der Waals surface area contributed by atoms with Gasteiger partial charge in [-0.2, -0.15) is 13.1 Å². The SMILES string of the molecule is NS(=O)(=O)NCc1cncs1. The Kier molecular flexibility index (Phi) is 2.55. The lowest BCUT2D eigenvalue weighted by atomic mass is 10.6. The molecule has 1 aromatic heterocycles. The predicted molar refractivity (Wildman–Crippen MR) is 42.1 cm³/mol. The summed E-state index contributed by atoms with van der Waals surface area (Å²) in [5, 5.41) is 4.70. The average Bonchev–Trinajstić information content (AvgIpc) is 2.32. The average molecular weight is 193 g/mol. The van der Waals surface area contributed by atoms with E-state index in [1.54, 1.807) is 11.7 Å². The van der Waals surface area contributed by atoms with Crippen LogP contribution in [0.4, 0.5) is 0 Å². The Labute approximate surface area is 68.4 Å². The van der Waals surface area contributed by atoms with Crippen LogP contribution in [0.15, 0.2) is 11.7 Å². The summed E-state index contributed by atoms with van der Waals surface area (Å²) in [6.07, 6.45) is 1.59. The Balaban J connectivity index is 2.48. The number of aromatic nitrogens is 1. The summed E-state index contributed by atoms with van der Waals surface area (Å²) < 4.78 is 22.9. The van der Waals surface area contributed by atoms with Crippen LogP contribution >= 0.6 is 11.3 Å². The Bertz CT molecular complexity index is 304. The van der Waals surface area contributed by atoms with E-state index in [1.807, 2.05) is 0 Å². The molecule has 11 heavy (non-hydrogen) atoms. The summed E-state index contributed by atoms with van der Waals surface area (Å²) in [6, 6.07) is 0. The first-order valence-electron chi connectivity index (χ1n) is 2.73. The summed E-state index contributed by atoms with van der Waals surface area (Å²) in [4.78, 5) is 4.60. The lowest BCUT2D eigenvalue weighted by Gasteiger charge is -1.96. The van der Waals surface area contributed by atoms with E-state index < -0.39 is 10.2 Å². The Hall–Kier alpha value is -0.500. The molecule has 0 unspecified atom stereocenters. The van der Waals surface area contributed by atoms with Gasteiger partial charge in [0, 0.05) is 17.6 Å². The molecule has 0 atom stereocenters. The molecule has 0 saturated heterocycles. The Morgan fingerprint density at radius 2 is 2.45 bits per heavy atom. The zero-order valence-electron chi connectivity index (χ0n) is 5.52. The fourth-order valence-electron chi connectivity index (χ4n) is 0.501. The van der Waals surface area contributed by atoms with Gasteiger partial charge in [0.25, 0.3) is 10.2 Å². The van der Waals surface area contributed by atoms with Crippen molar-refractivity contribution in [2.75, 3.05) is 0 Å². The molecule has 3 N–H and O–H groups in total. The summed E-state index contributed by atoms with van der Waals surface area (Å²) >= 11 is 1.37. The lowest BCUT2D eigenvalue weighted by Crippen LogP contribution is -2.29. The molecule has 0 amide bonds. The highest BCUT2D eigenvalue weighted by molar-refractivity contribution is 7.87. The van der Waals surface area contributed by atoms with Gasteiger partial charge in [0.05, 0.1) is 5.51 Å². The fraction of sp³-hybridized carbons (Fsp3) is 0.250. The second kappa shape index (κ2) is 3.26. The van der Waals surface area contributed by atoms with Crippen molar-refractivity contribution < 1.29 is 8.42 Å². The van der Waals surface area contributed by atoms with Crippen LogP contribution in [0, 0.1) is 0 Å². The molecule has 1 aromatic rings. The molecule has 1 rings (SSSR count). The minimum atomic E-state index is -3.57. The maximum Gasteiger partial charge on any atom is 0.274 e. The third kappa shape index (κ3) is 3.42. The maximum absolute atomic E-state index is 10.4. The number of thiazole rings is 1. The molecule has 0 radical (unpaired) electrons. The summed E-state index contributed by atoms with van der Waals surface area (Å²) in [5.74, 6) is 0. The molecule has 5 nitrogen and oxygen atoms in total. The van der Waals surface area contributed by atoms with Gasteiger partial charge in [0.2, 0.25) is 0 Å². The van der Waals surface area contributed by atoms with Crippen LogP contribution in [0.25, 0.3) is 0 Å². The van der Waals surface area contributed by atoms with E-state index in [0.29, 0.717) is 0 Å². The van der Waals surface area contributed by atoms with Gasteiger partial charge in [-0.15, -0.1) is 11.3 Å². The van der Waals surface area contributed by atoms with E-state index in [2.05, 4.69) is 9.71 Å². The number of rotatable bonds is 3. The molecule has 0 aliphatic heterocycles. The van der Waals surface area contributed by atoms with Gasteiger partial charge in [0.1, 0.15) is 0 Å². The molecular formula is C4H7N3O2S2. The first-order chi connectivity index (χ1) is 5.08. The molecular weight excluding hydrogens is 186 g/mol. The second-order valence-electron chi connectivity index (χ2n) is 1.83. The van der Waals surface area contributed by atoms with E-state index in [-0.39, 0.29) is 6.54 Å². The predicted octanol–water partition coefficient (Wildman–Crippen LogP) is -0.564. The lowest BCUT2D eigenvalue weighted by molar-refractivity contribution is 0.583. The molecule has 0 fully saturated rings. The van der Waals surface area contributed by atoms with Crippen molar-refractivity contribution in [2.24, 2.45) is 5.14 Å². The van der Waals surface area contributed by atoms with E-state index in [1.165, 1.54) is 11.3 Å². The highest BCUT2D eigenvalue weighted by Gasteiger charge is 2.01. The second-order valence-corrected chi connectivity index (χ2v) is 4.18. The highest BCUT2D eigenvalue weighted by atomic mass is 32.2. The van der Waals surface area contributed by atoms with Crippen LogP contribution in [0.5, 0.6) is 0 Å². The van der Waals surface area contributed by atoms with Crippen LogP contribution < -0.4 is 9.86 Å². The summed E-state index contributed by atoms with van der Waals surface area (Å²) in [6.45, 7) is 0.212. The van der Waals surface area contributed by atoms with Crippen LogP contribution in [-0.4, -0.2) is 13.4 Å². The molecule has 62 valence electrons. The van der Waals surface area contributed by atoms with E-state index in [9.17, 15) is 8.42 Å². The van der Waals surface area contributed by atoms with Gasteiger partial charge < -0.3 is 0 Å². The van der Waals surface area contributed by atoms with Crippen LogP contribution in [-0.2, 0) is 16.8 Å². The molecule has 0 aromatic carbocycles. The molecule has 0 aliphatic rings. The first kappa shape index (κ1) is 8.60. The number of nitrogens with zero attached hydrogens (tertiary/aromatic N) is 1. The molecule has 0 aliphatic carbocycles. The van der Waals surface area contributed by atoms with Gasteiger partial charge >= 0.3 is 0 Å². The van der Waals surface area contributed by atoms with E-state index >= 15 is 0 Å². The molecule has 7 heteroatoms. The minimum absolute atomic E-state index is 0.212. The van der Waals surface area contributed by atoms with Gasteiger partial charge in [-0.3, -0.25) is 4.98 Å². The van der Waals surface area contributed by atoms with Crippen molar-refractivity contribution in [2.45, 2.75) is 6.54 Å². The van der Waals surface area contributed by atoms with E-state index in [4.69, 9.17) is 5.14 Å². The normalized spacial score (nSPS) is 11.7. The van der Waals surface area contributed by atoms with Crippen molar-refractivity contribution in [1.29, 1.82) is 0 Å². The van der Waals surface area contributed by atoms with Gasteiger partial charge in [-0.1, -0.05) is 0 Å². The third-order valence-electron chi connectivity index (χ3n) is 0.931. The number of hydrogen-bond acceptors (Lipinski definition) is 4. The number of nitrogens with two attached hydrogens (primary N) is 1. The van der Waals surface area contributed by atoms with Gasteiger partial charge in [-0.25, -0.2) is 5.14 Å². The number of nitrogens with one attached hydrogen (secondary N) is 1. The minimum Gasteiger partial charge on any atom is -0.253 e. The van der Waals surface area contributed by atoms with E-state index in [0.717, 1.165) is 4.88 Å². The summed E-state index contributed by atoms with van der Waals surface area (Å²) in [7, 11) is -3.57. The third-order valence-corrected chi connectivity index (χ3v) is 2.26. The topological polar surface area (TPSA) is 85.1 Å². The first-order valence-corrected chi connectivity index (χ1v) is 5.15. The zero-order valence-corrected chi connectivity index (χ0v) is 7.15. The van der Waals surface area contributed by atoms with Crippen molar-refractivity contribution in [1.82, 2.24) is 9.71 Å². The van der Waals surface area contributed by atoms with Gasteiger partial charge in [0.15, 0.2) is 0 Å². The molecule has 0 spiro atoms. The Morgan fingerprint density at radius 3 is 2.91 bits per heavy atom. The standard InChI is InChI=1S/C4H7N3O2S2/c5-11(8,9)7-2-4-1-6-3-10-4/h1,3,7H,2H2,(H2,5,8,9). The largest absolute Gasteiger partial charge is 0.274 e. The fourth-order valence-corrected chi connectivity index (χ4v) is 1.48. The van der Waals surface area contributed by atoms with Crippen LogP contribution in [0.1, 0.15) is 4.88 Å². The monoisotopic (exact) mass is 193 g/mol. The molecule has 1 heterocycles. The molecule has 0 bridgehead atoms. The number of hydrogen-bond donors (Lipinski definition) is 2. The van der Waals surface area contributed by atoms with Gasteiger partial charge in [-0.05, 0) is 0 Å². The van der Waals surface area contributed by atoms with Crippen molar-refractivity contribution in [3.63, 3.8) is 0 Å².